The third kappa shape index (κ3) is 2.62. The van der Waals surface area contributed by atoms with Gasteiger partial charge in [0, 0.05) is 24.6 Å². The number of nitrogens with zero attached hydrogens (tertiary/aromatic N) is 3. The molecule has 1 aromatic carbocycles. The van der Waals surface area contributed by atoms with Gasteiger partial charge in [-0.15, -0.1) is 12.4 Å². The van der Waals surface area contributed by atoms with Crippen molar-refractivity contribution in [3.8, 4) is 5.69 Å². The Kier molecular flexibility index (Phi) is 4.28. The van der Waals surface area contributed by atoms with Gasteiger partial charge in [0.2, 0.25) is 0 Å². The van der Waals surface area contributed by atoms with Crippen LogP contribution in [-0.2, 0) is 6.54 Å². The maximum Gasteiger partial charge on any atom is 0.316 e. The summed E-state index contributed by atoms with van der Waals surface area (Å²) in [7, 11) is 0. The molecule has 0 unspecified atom stereocenters. The molecule has 0 atom stereocenters. The van der Waals surface area contributed by atoms with E-state index in [4.69, 9.17) is 0 Å². The molecule has 1 N–H and O–H groups in total. The van der Waals surface area contributed by atoms with Crippen LogP contribution in [0.25, 0.3) is 16.7 Å². The van der Waals surface area contributed by atoms with E-state index < -0.39 is 11.1 Å². The zero-order valence-electron chi connectivity index (χ0n) is 11.4. The minimum atomic E-state index is -0.582. The van der Waals surface area contributed by atoms with Gasteiger partial charge in [-0.05, 0) is 24.6 Å². The fourth-order valence-corrected chi connectivity index (χ4v) is 2.27. The first-order valence-corrected chi connectivity index (χ1v) is 6.46. The van der Waals surface area contributed by atoms with Gasteiger partial charge in [0.1, 0.15) is 0 Å². The molecule has 0 saturated heterocycles. The summed E-state index contributed by atoms with van der Waals surface area (Å²) in [5.74, 6) is 0. The second kappa shape index (κ2) is 5.97. The molecular formula is C14H15ClN4O2. The van der Waals surface area contributed by atoms with Crippen LogP contribution in [0.1, 0.15) is 13.3 Å². The Morgan fingerprint density at radius 2 is 2.10 bits per heavy atom. The van der Waals surface area contributed by atoms with Gasteiger partial charge in [0.15, 0.2) is 0 Å². The van der Waals surface area contributed by atoms with E-state index in [1.807, 2.05) is 29.8 Å². The van der Waals surface area contributed by atoms with Crippen LogP contribution < -0.4 is 11.1 Å². The van der Waals surface area contributed by atoms with Crippen LogP contribution in [0, 0.1) is 0 Å². The number of benzene rings is 1. The second-order valence-electron chi connectivity index (χ2n) is 4.58. The van der Waals surface area contributed by atoms with Crippen molar-refractivity contribution < 1.29 is 0 Å². The molecule has 0 aliphatic heterocycles. The molecule has 3 aromatic rings. The first-order valence-electron chi connectivity index (χ1n) is 6.46. The van der Waals surface area contributed by atoms with Crippen LogP contribution in [0.15, 0.2) is 46.5 Å². The number of fused-ring (bicyclic) bond motifs is 1. The first-order chi connectivity index (χ1) is 9.70. The Morgan fingerprint density at radius 1 is 1.29 bits per heavy atom. The molecule has 7 heteroatoms. The Hall–Kier alpha value is -2.34. The highest BCUT2D eigenvalue weighted by molar-refractivity contribution is 5.85. The highest BCUT2D eigenvalue weighted by Gasteiger charge is 2.08. The number of imidazole rings is 1. The van der Waals surface area contributed by atoms with E-state index in [1.165, 1.54) is 4.57 Å². The van der Waals surface area contributed by atoms with Crippen molar-refractivity contribution in [1.82, 2.24) is 19.1 Å². The van der Waals surface area contributed by atoms with E-state index in [9.17, 15) is 9.59 Å². The molecule has 0 spiro atoms. The fourth-order valence-electron chi connectivity index (χ4n) is 2.27. The zero-order chi connectivity index (χ0) is 14.1. The van der Waals surface area contributed by atoms with Crippen molar-refractivity contribution in [2.24, 2.45) is 0 Å². The third-order valence-corrected chi connectivity index (χ3v) is 3.21. The standard InChI is InChI=1S/C14H14N4O2.ClH/c1-2-6-18-12-8-10(17-7-5-15-9-17)3-4-11(12)16-13(19)14(18)20;/h3-5,7-9H,2,6H2,1H3,(H,16,19);1H. The zero-order valence-corrected chi connectivity index (χ0v) is 12.3. The molecule has 0 bridgehead atoms. The molecule has 0 amide bonds. The fraction of sp³-hybridized carbons (Fsp3) is 0.214. The summed E-state index contributed by atoms with van der Waals surface area (Å²) < 4.78 is 3.37. The summed E-state index contributed by atoms with van der Waals surface area (Å²) in [5.41, 5.74) is 1.18. The van der Waals surface area contributed by atoms with Gasteiger partial charge in [-0.1, -0.05) is 6.92 Å². The van der Waals surface area contributed by atoms with E-state index in [1.54, 1.807) is 18.6 Å². The minimum absolute atomic E-state index is 0. The van der Waals surface area contributed by atoms with E-state index >= 15 is 0 Å². The van der Waals surface area contributed by atoms with Crippen molar-refractivity contribution in [3.05, 3.63) is 57.6 Å². The third-order valence-electron chi connectivity index (χ3n) is 3.21. The lowest BCUT2D eigenvalue weighted by Gasteiger charge is -2.10. The molecule has 2 aromatic heterocycles. The van der Waals surface area contributed by atoms with Crippen LogP contribution in [0.2, 0.25) is 0 Å². The first kappa shape index (κ1) is 15.1. The number of aromatic amines is 1. The predicted molar refractivity (Wildman–Crippen MR) is 83.5 cm³/mol. The number of aryl methyl sites for hydroxylation is 1. The quantitative estimate of drug-likeness (QED) is 0.749. The van der Waals surface area contributed by atoms with Gasteiger partial charge in [0.25, 0.3) is 0 Å². The van der Waals surface area contributed by atoms with E-state index in [0.29, 0.717) is 12.1 Å². The number of halogens is 1. The predicted octanol–water partition coefficient (Wildman–Crippen LogP) is 1.71. The highest BCUT2D eigenvalue weighted by atomic mass is 35.5. The minimum Gasteiger partial charge on any atom is -0.316 e. The van der Waals surface area contributed by atoms with Crippen molar-refractivity contribution in [2.45, 2.75) is 19.9 Å². The largest absolute Gasteiger partial charge is 0.316 e. The van der Waals surface area contributed by atoms with Crippen LogP contribution in [0.5, 0.6) is 0 Å². The van der Waals surface area contributed by atoms with Gasteiger partial charge in [-0.3, -0.25) is 9.59 Å². The van der Waals surface area contributed by atoms with Crippen molar-refractivity contribution >= 4 is 23.4 Å². The van der Waals surface area contributed by atoms with Crippen molar-refractivity contribution in [1.29, 1.82) is 0 Å². The number of nitrogens with one attached hydrogen (secondary N) is 1. The highest BCUT2D eigenvalue weighted by Crippen LogP contribution is 2.15. The van der Waals surface area contributed by atoms with E-state index in [-0.39, 0.29) is 12.4 Å². The molecule has 0 aliphatic rings. The number of hydrogen-bond acceptors (Lipinski definition) is 3. The molecule has 6 nitrogen and oxygen atoms in total. The summed E-state index contributed by atoms with van der Waals surface area (Å²) in [4.78, 5) is 30.2. The average Bonchev–Trinajstić information content (AvgIpc) is 2.98. The molecule has 0 saturated carbocycles. The van der Waals surface area contributed by atoms with Gasteiger partial charge in [-0.25, -0.2) is 4.98 Å². The Labute approximate surface area is 126 Å². The van der Waals surface area contributed by atoms with Crippen molar-refractivity contribution in [2.75, 3.05) is 0 Å². The van der Waals surface area contributed by atoms with Crippen LogP contribution in [0.3, 0.4) is 0 Å². The van der Waals surface area contributed by atoms with E-state index in [2.05, 4.69) is 9.97 Å². The summed E-state index contributed by atoms with van der Waals surface area (Å²) in [6.45, 7) is 2.49. The monoisotopic (exact) mass is 306 g/mol. The molecule has 2 heterocycles. The average molecular weight is 307 g/mol. The molecule has 3 rings (SSSR count). The van der Waals surface area contributed by atoms with Gasteiger partial charge in [0.05, 0.1) is 17.4 Å². The van der Waals surface area contributed by atoms with Crippen LogP contribution in [0.4, 0.5) is 0 Å². The number of aromatic nitrogens is 4. The summed E-state index contributed by atoms with van der Waals surface area (Å²) >= 11 is 0. The lowest BCUT2D eigenvalue weighted by molar-refractivity contribution is 0.669. The smallest absolute Gasteiger partial charge is 0.316 e. The normalized spacial score (nSPS) is 10.5. The Morgan fingerprint density at radius 3 is 2.76 bits per heavy atom. The number of H-pyrrole nitrogens is 1. The molecule has 0 fully saturated rings. The Balaban J connectivity index is 0.00000161. The summed E-state index contributed by atoms with van der Waals surface area (Å²) in [5, 5.41) is 0. The molecule has 0 aliphatic carbocycles. The topological polar surface area (TPSA) is 72.7 Å². The Bertz CT molecular complexity index is 865. The number of hydrogen-bond donors (Lipinski definition) is 1. The van der Waals surface area contributed by atoms with Gasteiger partial charge >= 0.3 is 11.1 Å². The van der Waals surface area contributed by atoms with E-state index in [0.717, 1.165) is 17.6 Å². The number of rotatable bonds is 3. The van der Waals surface area contributed by atoms with Crippen molar-refractivity contribution in [3.63, 3.8) is 0 Å². The molecule has 110 valence electrons. The molecular weight excluding hydrogens is 292 g/mol. The van der Waals surface area contributed by atoms with Crippen LogP contribution in [-0.4, -0.2) is 19.1 Å². The lowest BCUT2D eigenvalue weighted by atomic mass is 10.2. The maximum absolute atomic E-state index is 12.0. The lowest BCUT2D eigenvalue weighted by Crippen LogP contribution is -2.36. The molecule has 0 radical (unpaired) electrons. The maximum atomic E-state index is 12.0. The second-order valence-corrected chi connectivity index (χ2v) is 4.58. The molecule has 21 heavy (non-hydrogen) atoms. The summed E-state index contributed by atoms with van der Waals surface area (Å²) in [6.07, 6.45) is 5.99. The summed E-state index contributed by atoms with van der Waals surface area (Å²) in [6, 6.07) is 5.56. The van der Waals surface area contributed by atoms with Gasteiger partial charge < -0.3 is 14.1 Å². The van der Waals surface area contributed by atoms with Gasteiger partial charge in [-0.2, -0.15) is 0 Å². The van der Waals surface area contributed by atoms with Crippen LogP contribution >= 0.6 is 12.4 Å². The SMILES string of the molecule is CCCn1c(=O)c(=O)[nH]c2ccc(-n3ccnc3)cc21.Cl.